The SMILES string of the molecule is [Br-].c1ccc(-c2csc3[n+]2CCS3)cc1. The molecule has 0 amide bonds. The predicted octanol–water partition coefficient (Wildman–Crippen LogP) is -0.188. The van der Waals surface area contributed by atoms with E-state index in [9.17, 15) is 0 Å². The molecule has 4 heteroatoms. The number of rotatable bonds is 1. The minimum Gasteiger partial charge on any atom is -1.00 e. The molecule has 0 fully saturated rings. The Hall–Kier alpha value is -0.320. The van der Waals surface area contributed by atoms with Gasteiger partial charge in [-0.05, 0) is 23.9 Å². The molecule has 0 saturated carbocycles. The lowest BCUT2D eigenvalue weighted by molar-refractivity contribution is -0.706. The second-order valence-corrected chi connectivity index (χ2v) is 5.45. The molecule has 0 radical (unpaired) electrons. The van der Waals surface area contributed by atoms with Gasteiger partial charge in [0.15, 0.2) is 6.54 Å². The van der Waals surface area contributed by atoms with Gasteiger partial charge in [-0.25, -0.2) is 0 Å². The van der Waals surface area contributed by atoms with Crippen molar-refractivity contribution in [3.63, 3.8) is 0 Å². The zero-order valence-corrected chi connectivity index (χ0v) is 11.2. The summed E-state index contributed by atoms with van der Waals surface area (Å²) in [6.07, 6.45) is 0. The van der Waals surface area contributed by atoms with Crippen molar-refractivity contribution in [3.8, 4) is 11.3 Å². The lowest BCUT2D eigenvalue weighted by Crippen LogP contribution is -3.00. The average Bonchev–Trinajstić information content (AvgIpc) is 2.79. The molecule has 15 heavy (non-hydrogen) atoms. The van der Waals surface area contributed by atoms with Crippen molar-refractivity contribution in [1.29, 1.82) is 0 Å². The Labute approximate surface area is 108 Å². The first-order chi connectivity index (χ1) is 6.95. The molecule has 3 rings (SSSR count). The molecule has 0 aliphatic carbocycles. The highest BCUT2D eigenvalue weighted by Gasteiger charge is 2.26. The van der Waals surface area contributed by atoms with Crippen LogP contribution in [-0.4, -0.2) is 5.75 Å². The topological polar surface area (TPSA) is 3.88 Å². The summed E-state index contributed by atoms with van der Waals surface area (Å²) >= 11 is 3.82. The number of thiazole rings is 1. The van der Waals surface area contributed by atoms with Gasteiger partial charge in [-0.2, -0.15) is 4.57 Å². The monoisotopic (exact) mass is 299 g/mol. The van der Waals surface area contributed by atoms with Crippen LogP contribution in [0.3, 0.4) is 0 Å². The predicted molar refractivity (Wildman–Crippen MR) is 60.7 cm³/mol. The summed E-state index contributed by atoms with van der Waals surface area (Å²) in [5.74, 6) is 1.23. The van der Waals surface area contributed by atoms with Gasteiger partial charge in [0.1, 0.15) is 0 Å². The zero-order chi connectivity index (χ0) is 9.38. The number of hydrogen-bond donors (Lipinski definition) is 0. The Bertz CT molecular complexity index is 453. The first-order valence-corrected chi connectivity index (χ1v) is 6.51. The van der Waals surface area contributed by atoms with E-state index in [4.69, 9.17) is 0 Å². The third kappa shape index (κ3) is 1.98. The van der Waals surface area contributed by atoms with Crippen molar-refractivity contribution in [3.05, 3.63) is 35.7 Å². The van der Waals surface area contributed by atoms with Crippen molar-refractivity contribution >= 4 is 23.1 Å². The summed E-state index contributed by atoms with van der Waals surface area (Å²) in [5.41, 5.74) is 2.70. The second-order valence-electron chi connectivity index (χ2n) is 3.25. The quantitative estimate of drug-likeness (QED) is 0.661. The fourth-order valence-corrected chi connectivity index (χ4v) is 3.97. The fourth-order valence-electron chi connectivity index (χ4n) is 1.71. The molecule has 1 aliphatic heterocycles. The lowest BCUT2D eigenvalue weighted by Gasteiger charge is -1.94. The molecular formula is C11H10BrNS2. The van der Waals surface area contributed by atoms with E-state index in [1.54, 1.807) is 0 Å². The van der Waals surface area contributed by atoms with E-state index in [0.29, 0.717) is 0 Å². The molecular weight excluding hydrogens is 290 g/mol. The fraction of sp³-hybridized carbons (Fsp3) is 0.182. The molecule has 2 heterocycles. The number of benzene rings is 1. The first kappa shape index (κ1) is 11.2. The molecule has 0 unspecified atom stereocenters. The summed E-state index contributed by atoms with van der Waals surface area (Å²) in [4.78, 5) is 0. The second kappa shape index (κ2) is 4.68. The van der Waals surface area contributed by atoms with Gasteiger partial charge >= 0.3 is 0 Å². The Morgan fingerprint density at radius 3 is 2.73 bits per heavy atom. The number of aromatic nitrogens is 1. The Morgan fingerprint density at radius 2 is 1.93 bits per heavy atom. The first-order valence-electron chi connectivity index (χ1n) is 4.65. The van der Waals surface area contributed by atoms with Crippen LogP contribution in [0.4, 0.5) is 0 Å². The van der Waals surface area contributed by atoms with Gasteiger partial charge in [0, 0.05) is 5.56 Å². The molecule has 0 saturated heterocycles. The van der Waals surface area contributed by atoms with E-state index >= 15 is 0 Å². The van der Waals surface area contributed by atoms with Crippen LogP contribution in [0.15, 0.2) is 40.1 Å². The van der Waals surface area contributed by atoms with Crippen molar-refractivity contribution < 1.29 is 21.5 Å². The molecule has 2 aromatic rings. The molecule has 0 bridgehead atoms. The van der Waals surface area contributed by atoms with Gasteiger partial charge < -0.3 is 17.0 Å². The number of thioether (sulfide) groups is 1. The zero-order valence-electron chi connectivity index (χ0n) is 8.02. The van der Waals surface area contributed by atoms with Crippen LogP contribution in [0.25, 0.3) is 11.3 Å². The van der Waals surface area contributed by atoms with Crippen LogP contribution in [-0.2, 0) is 6.54 Å². The van der Waals surface area contributed by atoms with Crippen LogP contribution in [0.5, 0.6) is 0 Å². The van der Waals surface area contributed by atoms with Crippen molar-refractivity contribution in [1.82, 2.24) is 0 Å². The maximum atomic E-state index is 2.42. The Balaban J connectivity index is 0.000000853. The summed E-state index contributed by atoms with van der Waals surface area (Å²) in [6, 6.07) is 10.6. The van der Waals surface area contributed by atoms with Crippen molar-refractivity contribution in [2.24, 2.45) is 0 Å². The summed E-state index contributed by atoms with van der Waals surface area (Å²) in [7, 11) is 0. The van der Waals surface area contributed by atoms with Crippen molar-refractivity contribution in [2.75, 3.05) is 5.75 Å². The average molecular weight is 300 g/mol. The Morgan fingerprint density at radius 1 is 1.13 bits per heavy atom. The van der Waals surface area contributed by atoms with Gasteiger partial charge in [-0.15, -0.1) is 0 Å². The molecule has 1 aromatic heterocycles. The van der Waals surface area contributed by atoms with E-state index in [1.165, 1.54) is 21.3 Å². The highest BCUT2D eigenvalue weighted by Crippen LogP contribution is 2.29. The van der Waals surface area contributed by atoms with E-state index in [2.05, 4.69) is 40.3 Å². The standard InChI is InChI=1S/C11H10NS2.BrH/c1-2-4-9(5-3-1)10-8-14-11-12(10)6-7-13-11;/h1-5,8H,6-7H2;1H/q+1;/p-1. The molecule has 0 atom stereocenters. The Kier molecular flexibility index (Phi) is 3.49. The van der Waals surface area contributed by atoms with E-state index in [1.807, 2.05) is 23.1 Å². The maximum Gasteiger partial charge on any atom is 0.298 e. The van der Waals surface area contributed by atoms with Gasteiger partial charge in [0.25, 0.3) is 4.34 Å². The summed E-state index contributed by atoms with van der Waals surface area (Å²) in [6.45, 7) is 1.16. The van der Waals surface area contributed by atoms with Gasteiger partial charge in [-0.3, -0.25) is 0 Å². The van der Waals surface area contributed by atoms with Gasteiger partial charge in [0.05, 0.1) is 11.1 Å². The van der Waals surface area contributed by atoms with E-state index < -0.39 is 0 Å². The van der Waals surface area contributed by atoms with Crippen LogP contribution in [0.2, 0.25) is 0 Å². The minimum atomic E-state index is 0. The summed E-state index contributed by atoms with van der Waals surface area (Å²) in [5, 5.41) is 2.26. The molecule has 1 aromatic carbocycles. The number of fused-ring (bicyclic) bond motifs is 1. The third-order valence-corrected chi connectivity index (χ3v) is 4.65. The van der Waals surface area contributed by atoms with Gasteiger partial charge in [0.2, 0.25) is 5.69 Å². The van der Waals surface area contributed by atoms with Crippen LogP contribution in [0.1, 0.15) is 0 Å². The molecule has 1 nitrogen and oxygen atoms in total. The summed E-state index contributed by atoms with van der Waals surface area (Å²) < 4.78 is 3.87. The van der Waals surface area contributed by atoms with Crippen LogP contribution < -0.4 is 21.5 Å². The molecule has 0 N–H and O–H groups in total. The van der Waals surface area contributed by atoms with Crippen molar-refractivity contribution in [2.45, 2.75) is 10.9 Å². The highest BCUT2D eigenvalue weighted by atomic mass is 79.9. The smallest absolute Gasteiger partial charge is 0.298 e. The third-order valence-electron chi connectivity index (χ3n) is 2.39. The molecule has 0 spiro atoms. The molecule has 1 aliphatic rings. The number of nitrogens with zero attached hydrogens (tertiary/aromatic N) is 1. The van der Waals surface area contributed by atoms with Gasteiger partial charge in [-0.1, -0.05) is 29.5 Å². The van der Waals surface area contributed by atoms with E-state index in [-0.39, 0.29) is 17.0 Å². The van der Waals surface area contributed by atoms with Crippen LogP contribution in [0, 0.1) is 0 Å². The number of halogens is 1. The van der Waals surface area contributed by atoms with Crippen LogP contribution >= 0.6 is 23.1 Å². The normalized spacial score (nSPS) is 13.3. The van der Waals surface area contributed by atoms with E-state index in [0.717, 1.165) is 6.54 Å². The lowest BCUT2D eigenvalue weighted by atomic mass is 10.2. The highest BCUT2D eigenvalue weighted by molar-refractivity contribution is 8.01. The molecule has 78 valence electrons. The largest absolute Gasteiger partial charge is 1.00 e. The number of hydrogen-bond acceptors (Lipinski definition) is 2. The minimum absolute atomic E-state index is 0. The maximum absolute atomic E-state index is 2.42.